The molecule has 1 aliphatic heterocycles. The van der Waals surface area contributed by atoms with Gasteiger partial charge in [-0.1, -0.05) is 72.4 Å². The van der Waals surface area contributed by atoms with Crippen molar-refractivity contribution in [3.05, 3.63) is 69.7 Å². The molecule has 0 saturated carbocycles. The van der Waals surface area contributed by atoms with E-state index in [1.807, 2.05) is 12.1 Å². The zero-order valence-corrected chi connectivity index (χ0v) is 17.5. The molecular formula is C23H30Cl2N2. The van der Waals surface area contributed by atoms with Crippen LogP contribution >= 0.6 is 23.2 Å². The first-order valence-corrected chi connectivity index (χ1v) is 10.9. The Labute approximate surface area is 173 Å². The fourth-order valence-corrected chi connectivity index (χ4v) is 4.17. The Morgan fingerprint density at radius 3 is 2.30 bits per heavy atom. The lowest BCUT2D eigenvalue weighted by molar-refractivity contribution is 0.249. The molecule has 0 spiro atoms. The molecule has 0 aliphatic carbocycles. The third-order valence-corrected chi connectivity index (χ3v) is 6.07. The highest BCUT2D eigenvalue weighted by Gasteiger charge is 2.16. The van der Waals surface area contributed by atoms with Gasteiger partial charge in [0.25, 0.3) is 0 Å². The lowest BCUT2D eigenvalue weighted by Gasteiger charge is -2.27. The van der Waals surface area contributed by atoms with Crippen LogP contribution in [-0.2, 0) is 12.8 Å². The molecule has 0 bridgehead atoms. The van der Waals surface area contributed by atoms with E-state index in [0.29, 0.717) is 16.1 Å². The van der Waals surface area contributed by atoms with Crippen LogP contribution in [0.1, 0.15) is 36.8 Å². The topological polar surface area (TPSA) is 15.3 Å². The Kier molecular flexibility index (Phi) is 8.47. The Morgan fingerprint density at radius 2 is 1.59 bits per heavy atom. The van der Waals surface area contributed by atoms with E-state index in [1.165, 1.54) is 49.9 Å². The molecule has 3 rings (SSSR count). The van der Waals surface area contributed by atoms with Gasteiger partial charge in [0.05, 0.1) is 10.0 Å². The molecule has 1 atom stereocenters. The van der Waals surface area contributed by atoms with Crippen molar-refractivity contribution in [2.75, 3.05) is 26.2 Å². The van der Waals surface area contributed by atoms with Gasteiger partial charge in [0.2, 0.25) is 0 Å². The van der Waals surface area contributed by atoms with Crippen molar-refractivity contribution in [2.45, 2.75) is 44.6 Å². The van der Waals surface area contributed by atoms with Crippen LogP contribution in [0.25, 0.3) is 0 Å². The smallest absolute Gasteiger partial charge is 0.0595 e. The zero-order valence-electron chi connectivity index (χ0n) is 16.0. The van der Waals surface area contributed by atoms with E-state index < -0.39 is 0 Å². The van der Waals surface area contributed by atoms with Gasteiger partial charge in [0.15, 0.2) is 0 Å². The first-order valence-electron chi connectivity index (χ1n) is 10.1. The standard InChI is InChI=1S/C23H30Cl2N2/c24-22-11-10-20(17-23(22)25)16-21(18-27-14-6-1-2-7-15-27)26-13-12-19-8-4-3-5-9-19/h3-5,8-11,17,21,26H,1-2,6-7,12-16,18H2. The molecule has 2 aromatic carbocycles. The fraction of sp³-hybridized carbons (Fsp3) is 0.478. The number of benzene rings is 2. The molecule has 1 unspecified atom stereocenters. The van der Waals surface area contributed by atoms with Crippen molar-refractivity contribution in [3.8, 4) is 0 Å². The van der Waals surface area contributed by atoms with E-state index in [1.54, 1.807) is 0 Å². The number of hydrogen-bond acceptors (Lipinski definition) is 2. The van der Waals surface area contributed by atoms with Crippen LogP contribution in [0.5, 0.6) is 0 Å². The van der Waals surface area contributed by atoms with Crippen molar-refractivity contribution in [1.29, 1.82) is 0 Å². The SMILES string of the molecule is Clc1ccc(CC(CN2CCCCCC2)NCCc2ccccc2)cc1Cl. The summed E-state index contributed by atoms with van der Waals surface area (Å²) in [4.78, 5) is 2.63. The summed E-state index contributed by atoms with van der Waals surface area (Å²) in [5, 5.41) is 5.07. The third kappa shape index (κ3) is 7.12. The largest absolute Gasteiger partial charge is 0.312 e. The van der Waals surface area contributed by atoms with E-state index in [0.717, 1.165) is 25.9 Å². The highest BCUT2D eigenvalue weighted by Crippen LogP contribution is 2.23. The van der Waals surface area contributed by atoms with E-state index in [4.69, 9.17) is 23.2 Å². The van der Waals surface area contributed by atoms with Crippen molar-refractivity contribution in [1.82, 2.24) is 10.2 Å². The molecule has 1 heterocycles. The van der Waals surface area contributed by atoms with Gasteiger partial charge in [0.1, 0.15) is 0 Å². The van der Waals surface area contributed by atoms with Gasteiger partial charge in [-0.05, 0) is 68.6 Å². The van der Waals surface area contributed by atoms with Crippen LogP contribution in [0.2, 0.25) is 10.0 Å². The van der Waals surface area contributed by atoms with Crippen LogP contribution in [0, 0.1) is 0 Å². The maximum absolute atomic E-state index is 6.23. The van der Waals surface area contributed by atoms with Crippen LogP contribution in [0.15, 0.2) is 48.5 Å². The number of rotatable bonds is 8. The minimum Gasteiger partial charge on any atom is -0.312 e. The highest BCUT2D eigenvalue weighted by atomic mass is 35.5. The summed E-state index contributed by atoms with van der Waals surface area (Å²) < 4.78 is 0. The van der Waals surface area contributed by atoms with Crippen LogP contribution in [0.4, 0.5) is 0 Å². The Hall–Kier alpha value is -1.06. The molecule has 0 aromatic heterocycles. The Morgan fingerprint density at radius 1 is 0.852 bits per heavy atom. The minimum atomic E-state index is 0.420. The fourth-order valence-electron chi connectivity index (χ4n) is 3.85. The third-order valence-electron chi connectivity index (χ3n) is 5.33. The molecule has 2 nitrogen and oxygen atoms in total. The second kappa shape index (κ2) is 11.1. The summed E-state index contributed by atoms with van der Waals surface area (Å²) >= 11 is 12.3. The van der Waals surface area contributed by atoms with Gasteiger partial charge in [0, 0.05) is 12.6 Å². The number of nitrogens with one attached hydrogen (secondary N) is 1. The monoisotopic (exact) mass is 404 g/mol. The second-order valence-corrected chi connectivity index (χ2v) is 8.37. The van der Waals surface area contributed by atoms with Crippen molar-refractivity contribution in [2.24, 2.45) is 0 Å². The summed E-state index contributed by atoms with van der Waals surface area (Å²) in [6.45, 7) is 4.52. The Bertz CT molecular complexity index is 682. The highest BCUT2D eigenvalue weighted by molar-refractivity contribution is 6.42. The summed E-state index contributed by atoms with van der Waals surface area (Å²) in [5.74, 6) is 0. The average Bonchev–Trinajstić information content (AvgIpc) is 2.94. The molecular weight excluding hydrogens is 375 g/mol. The number of likely N-dealkylation sites (tertiary alicyclic amines) is 1. The van der Waals surface area contributed by atoms with Crippen molar-refractivity contribution >= 4 is 23.2 Å². The summed E-state index contributed by atoms with van der Waals surface area (Å²) in [6.07, 6.45) is 7.42. The molecule has 2 aromatic rings. The van der Waals surface area contributed by atoms with Crippen LogP contribution in [0.3, 0.4) is 0 Å². The molecule has 27 heavy (non-hydrogen) atoms. The zero-order chi connectivity index (χ0) is 18.9. The van der Waals surface area contributed by atoms with E-state index in [2.05, 4.69) is 46.6 Å². The maximum atomic E-state index is 6.23. The van der Waals surface area contributed by atoms with Crippen LogP contribution < -0.4 is 5.32 Å². The average molecular weight is 405 g/mol. The first-order chi connectivity index (χ1) is 13.2. The van der Waals surface area contributed by atoms with Gasteiger partial charge in [-0.2, -0.15) is 0 Å². The first kappa shape index (κ1) is 20.7. The molecule has 0 radical (unpaired) electrons. The Balaban J connectivity index is 1.60. The van der Waals surface area contributed by atoms with Crippen molar-refractivity contribution in [3.63, 3.8) is 0 Å². The van der Waals surface area contributed by atoms with Gasteiger partial charge in [-0.25, -0.2) is 0 Å². The number of halogens is 2. The quantitative estimate of drug-likeness (QED) is 0.614. The van der Waals surface area contributed by atoms with Gasteiger partial charge in [-0.15, -0.1) is 0 Å². The van der Waals surface area contributed by atoms with E-state index >= 15 is 0 Å². The maximum Gasteiger partial charge on any atom is 0.0595 e. The lowest BCUT2D eigenvalue weighted by atomic mass is 10.0. The van der Waals surface area contributed by atoms with Crippen molar-refractivity contribution < 1.29 is 0 Å². The summed E-state index contributed by atoms with van der Waals surface area (Å²) in [6, 6.07) is 17.1. The lowest BCUT2D eigenvalue weighted by Crippen LogP contribution is -2.43. The molecule has 1 aliphatic rings. The van der Waals surface area contributed by atoms with Crippen LogP contribution in [-0.4, -0.2) is 37.1 Å². The van der Waals surface area contributed by atoms with Gasteiger partial charge >= 0.3 is 0 Å². The normalized spacial score (nSPS) is 16.8. The summed E-state index contributed by atoms with van der Waals surface area (Å²) in [5.41, 5.74) is 2.63. The predicted molar refractivity (Wildman–Crippen MR) is 117 cm³/mol. The predicted octanol–water partition coefficient (Wildman–Crippen LogP) is 5.61. The van der Waals surface area contributed by atoms with E-state index in [9.17, 15) is 0 Å². The number of hydrogen-bond donors (Lipinski definition) is 1. The molecule has 1 fully saturated rings. The number of nitrogens with zero attached hydrogens (tertiary/aromatic N) is 1. The second-order valence-electron chi connectivity index (χ2n) is 7.55. The minimum absolute atomic E-state index is 0.420. The van der Waals surface area contributed by atoms with Gasteiger partial charge in [-0.3, -0.25) is 0 Å². The molecule has 1 saturated heterocycles. The molecule has 4 heteroatoms. The molecule has 0 amide bonds. The molecule has 1 N–H and O–H groups in total. The van der Waals surface area contributed by atoms with Gasteiger partial charge < -0.3 is 10.2 Å². The summed E-state index contributed by atoms with van der Waals surface area (Å²) in [7, 11) is 0. The van der Waals surface area contributed by atoms with E-state index in [-0.39, 0.29) is 0 Å². The molecule has 146 valence electrons.